The van der Waals surface area contributed by atoms with Crippen molar-refractivity contribution in [3.63, 3.8) is 0 Å². The maximum absolute atomic E-state index is 12.5. The zero-order valence-corrected chi connectivity index (χ0v) is 16.5. The summed E-state index contributed by atoms with van der Waals surface area (Å²) in [5, 5.41) is 9.91. The molecule has 0 aromatic heterocycles. The zero-order valence-electron chi connectivity index (χ0n) is 15.0. The number of esters is 1. The van der Waals surface area contributed by atoms with Gasteiger partial charge < -0.3 is 19.9 Å². The minimum Gasteiger partial charge on any atom is -0.452 e. The van der Waals surface area contributed by atoms with Gasteiger partial charge in [0.2, 0.25) is 0 Å². The van der Waals surface area contributed by atoms with Crippen LogP contribution in [0.5, 0.6) is 11.5 Å². The summed E-state index contributed by atoms with van der Waals surface area (Å²) in [5.41, 5.74) is 5.25. The summed E-state index contributed by atoms with van der Waals surface area (Å²) in [6, 6.07) is 14.1. The van der Waals surface area contributed by atoms with Gasteiger partial charge in [-0.3, -0.25) is 4.79 Å². The van der Waals surface area contributed by atoms with Gasteiger partial charge in [0.25, 0.3) is 0 Å². The molecule has 2 rings (SSSR count). The molecule has 0 radical (unpaired) electrons. The fourth-order valence-electron chi connectivity index (χ4n) is 2.05. The fraction of sp³-hybridized carbons (Fsp3) is 0.150. The van der Waals surface area contributed by atoms with Crippen molar-refractivity contribution >= 4 is 35.0 Å². The molecule has 1 atom stereocenters. The molecule has 2 aromatic rings. The van der Waals surface area contributed by atoms with Crippen LogP contribution in [0.3, 0.4) is 0 Å². The summed E-state index contributed by atoms with van der Waals surface area (Å²) in [5.74, 6) is -2.42. The van der Waals surface area contributed by atoms with Gasteiger partial charge in [-0.1, -0.05) is 29.8 Å². The second-order valence-electron chi connectivity index (χ2n) is 5.69. The summed E-state index contributed by atoms with van der Waals surface area (Å²) in [4.78, 5) is 24.4. The van der Waals surface area contributed by atoms with Gasteiger partial charge in [-0.05, 0) is 48.5 Å². The van der Waals surface area contributed by atoms with E-state index < -0.39 is 30.6 Å². The lowest BCUT2D eigenvalue weighted by molar-refractivity contribution is -0.167. The van der Waals surface area contributed by atoms with E-state index in [9.17, 15) is 9.59 Å². The summed E-state index contributed by atoms with van der Waals surface area (Å²) < 4.78 is 16.0. The van der Waals surface area contributed by atoms with Crippen molar-refractivity contribution in [3.05, 3.63) is 70.9 Å². The van der Waals surface area contributed by atoms with E-state index >= 15 is 0 Å². The van der Waals surface area contributed by atoms with Crippen molar-refractivity contribution in [2.24, 2.45) is 11.7 Å². The third-order valence-electron chi connectivity index (χ3n) is 3.48. The quantitative estimate of drug-likeness (QED) is 0.474. The molecule has 29 heavy (non-hydrogen) atoms. The van der Waals surface area contributed by atoms with Crippen LogP contribution in [0.2, 0.25) is 10.0 Å². The molecule has 0 saturated heterocycles. The van der Waals surface area contributed by atoms with E-state index in [2.05, 4.69) is 6.58 Å². The van der Waals surface area contributed by atoms with Crippen LogP contribution in [-0.4, -0.2) is 24.6 Å². The Balaban J connectivity index is 2.12. The molecule has 0 bridgehead atoms. The van der Waals surface area contributed by atoms with Crippen LogP contribution in [0, 0.1) is 17.2 Å². The first-order valence-electron chi connectivity index (χ1n) is 8.18. The third-order valence-corrected chi connectivity index (χ3v) is 3.99. The molecule has 7 nitrogen and oxygen atoms in total. The third kappa shape index (κ3) is 6.71. The number of nitrogens with zero attached hydrogens (tertiary/aromatic N) is 1. The lowest BCUT2D eigenvalue weighted by atomic mass is 10.0. The SMILES string of the molecule is C=C(N)[C@H](C#N)C(=O)COC(=O)C(Oc1ccc(Cl)cc1)Oc1ccc(Cl)cc1. The molecule has 0 unspecified atom stereocenters. The molecule has 0 heterocycles. The van der Waals surface area contributed by atoms with Crippen molar-refractivity contribution in [2.75, 3.05) is 6.61 Å². The molecule has 0 aliphatic rings. The predicted octanol–water partition coefficient (Wildman–Crippen LogP) is 3.50. The number of allylic oxidation sites excluding steroid dienone is 1. The van der Waals surface area contributed by atoms with Crippen LogP contribution in [0.15, 0.2) is 60.8 Å². The molecule has 0 amide bonds. The number of carbonyl (C=O) groups is 2. The Morgan fingerprint density at radius 2 is 1.45 bits per heavy atom. The monoisotopic (exact) mass is 434 g/mol. The number of hydrogen-bond donors (Lipinski definition) is 1. The molecule has 0 spiro atoms. The molecule has 2 aromatic carbocycles. The minimum absolute atomic E-state index is 0.139. The highest BCUT2D eigenvalue weighted by molar-refractivity contribution is 6.30. The van der Waals surface area contributed by atoms with Crippen molar-refractivity contribution in [3.8, 4) is 17.6 Å². The summed E-state index contributed by atoms with van der Waals surface area (Å²) in [6.45, 7) is 2.66. The van der Waals surface area contributed by atoms with Crippen molar-refractivity contribution in [1.82, 2.24) is 0 Å². The zero-order chi connectivity index (χ0) is 21.4. The Morgan fingerprint density at radius 1 is 1.00 bits per heavy atom. The number of Topliss-reactive ketones (excluding diaryl/α,β-unsaturated/α-hetero) is 1. The van der Waals surface area contributed by atoms with Crippen LogP contribution < -0.4 is 15.2 Å². The summed E-state index contributed by atoms with van der Waals surface area (Å²) in [6.07, 6.45) is -1.54. The highest BCUT2D eigenvalue weighted by Crippen LogP contribution is 2.21. The van der Waals surface area contributed by atoms with Crippen molar-refractivity contribution < 1.29 is 23.8 Å². The summed E-state index contributed by atoms with van der Waals surface area (Å²) in [7, 11) is 0. The van der Waals surface area contributed by atoms with Gasteiger partial charge in [0, 0.05) is 15.7 Å². The van der Waals surface area contributed by atoms with Crippen LogP contribution in [0.1, 0.15) is 0 Å². The van der Waals surface area contributed by atoms with E-state index in [0.717, 1.165) is 0 Å². The number of halogens is 2. The van der Waals surface area contributed by atoms with Crippen molar-refractivity contribution in [1.29, 1.82) is 5.26 Å². The lowest BCUT2D eigenvalue weighted by Crippen LogP contribution is -2.37. The molecular formula is C20H16Cl2N2O5. The van der Waals surface area contributed by atoms with Gasteiger partial charge in [0.05, 0.1) is 6.07 Å². The normalized spacial score (nSPS) is 11.2. The van der Waals surface area contributed by atoms with Gasteiger partial charge >= 0.3 is 12.3 Å². The number of nitriles is 1. The Hall–Kier alpha value is -3.21. The fourth-order valence-corrected chi connectivity index (χ4v) is 2.30. The maximum atomic E-state index is 12.5. The van der Waals surface area contributed by atoms with Crippen molar-refractivity contribution in [2.45, 2.75) is 6.29 Å². The molecule has 0 aliphatic heterocycles. The van der Waals surface area contributed by atoms with E-state index in [1.807, 2.05) is 0 Å². The topological polar surface area (TPSA) is 112 Å². The predicted molar refractivity (Wildman–Crippen MR) is 106 cm³/mol. The van der Waals surface area contributed by atoms with Gasteiger partial charge in [0.15, 0.2) is 12.4 Å². The molecule has 0 fully saturated rings. The first kappa shape index (κ1) is 22.1. The van der Waals surface area contributed by atoms with E-state index in [1.54, 1.807) is 30.3 Å². The van der Waals surface area contributed by atoms with Crippen LogP contribution in [0.4, 0.5) is 0 Å². The van der Waals surface area contributed by atoms with Gasteiger partial charge in [-0.2, -0.15) is 5.26 Å². The van der Waals surface area contributed by atoms with Crippen LogP contribution >= 0.6 is 23.2 Å². The molecule has 150 valence electrons. The standard InChI is InChI=1S/C20H16Cl2N2O5/c1-12(24)17(10-23)18(25)11-27-19(26)20(28-15-6-2-13(21)3-7-15)29-16-8-4-14(22)5-9-16/h2-9,17,20H,1,11,24H2/t17-/m0/s1. The number of nitrogens with two attached hydrogens (primary N) is 1. The largest absolute Gasteiger partial charge is 0.452 e. The average molecular weight is 435 g/mol. The molecule has 2 N–H and O–H groups in total. The number of hydrogen-bond acceptors (Lipinski definition) is 7. The summed E-state index contributed by atoms with van der Waals surface area (Å²) >= 11 is 11.7. The Kier molecular flexibility index (Phi) is 7.89. The number of rotatable bonds is 9. The number of ether oxygens (including phenoxy) is 3. The van der Waals surface area contributed by atoms with Crippen LogP contribution in [-0.2, 0) is 14.3 Å². The highest BCUT2D eigenvalue weighted by atomic mass is 35.5. The molecular weight excluding hydrogens is 419 g/mol. The smallest absolute Gasteiger partial charge is 0.389 e. The number of benzene rings is 2. The van der Waals surface area contributed by atoms with E-state index in [4.69, 9.17) is 48.4 Å². The number of ketones is 1. The lowest BCUT2D eigenvalue weighted by Gasteiger charge is -2.19. The van der Waals surface area contributed by atoms with E-state index in [1.165, 1.54) is 24.3 Å². The van der Waals surface area contributed by atoms with Gasteiger partial charge in [-0.15, -0.1) is 0 Å². The van der Waals surface area contributed by atoms with E-state index in [-0.39, 0.29) is 17.2 Å². The maximum Gasteiger partial charge on any atom is 0.389 e. The minimum atomic E-state index is -1.54. The van der Waals surface area contributed by atoms with Gasteiger partial charge in [0.1, 0.15) is 17.4 Å². The first-order chi connectivity index (χ1) is 13.8. The average Bonchev–Trinajstić information content (AvgIpc) is 2.69. The Labute approximate surface area is 177 Å². The molecule has 9 heteroatoms. The second kappa shape index (κ2) is 10.4. The van der Waals surface area contributed by atoms with E-state index in [0.29, 0.717) is 10.0 Å². The highest BCUT2D eigenvalue weighted by Gasteiger charge is 2.28. The van der Waals surface area contributed by atoms with Crippen LogP contribution in [0.25, 0.3) is 0 Å². The van der Waals surface area contributed by atoms with Gasteiger partial charge in [-0.25, -0.2) is 4.79 Å². The second-order valence-corrected chi connectivity index (χ2v) is 6.56. The number of carbonyl (C=O) groups excluding carboxylic acids is 2. The Morgan fingerprint density at radius 3 is 1.83 bits per heavy atom. The first-order valence-corrected chi connectivity index (χ1v) is 8.93. The molecule has 0 aliphatic carbocycles. The Bertz CT molecular complexity index is 876. The molecule has 0 saturated carbocycles.